The molecule has 0 spiro atoms. The molecule has 1 amide bonds. The number of rotatable bonds is 4. The molecule has 0 saturated heterocycles. The largest absolute Gasteiger partial charge is 0.291 e. The molecule has 0 N–H and O–H groups in total. The van der Waals surface area contributed by atoms with Crippen LogP contribution in [0.1, 0.15) is 17.7 Å². The molecule has 0 aliphatic rings. The summed E-state index contributed by atoms with van der Waals surface area (Å²) in [6.07, 6.45) is 0.995. The first-order valence-electron chi connectivity index (χ1n) is 5.99. The highest BCUT2D eigenvalue weighted by Crippen LogP contribution is 2.19. The van der Waals surface area contributed by atoms with E-state index in [1.807, 2.05) is 12.3 Å². The highest BCUT2D eigenvalue weighted by atomic mass is 32.1. The second-order valence-corrected chi connectivity index (χ2v) is 5.19. The van der Waals surface area contributed by atoms with E-state index in [9.17, 15) is 9.18 Å². The zero-order valence-corrected chi connectivity index (χ0v) is 11.7. The minimum atomic E-state index is -0.259. The molecule has 0 unspecified atom stereocenters. The van der Waals surface area contributed by atoms with E-state index < -0.39 is 0 Å². The Balaban J connectivity index is 1.92. The first-order valence-corrected chi connectivity index (χ1v) is 6.87. The number of nitrogens with zero attached hydrogens (tertiary/aromatic N) is 2. The van der Waals surface area contributed by atoms with Crippen LogP contribution in [-0.2, 0) is 11.2 Å². The third-order valence-corrected chi connectivity index (χ3v) is 3.84. The summed E-state index contributed by atoms with van der Waals surface area (Å²) in [5.41, 5.74) is 1.87. The van der Waals surface area contributed by atoms with E-state index in [2.05, 4.69) is 4.98 Å². The molecular formula is C14H15FN2OS. The quantitative estimate of drug-likeness (QED) is 0.860. The number of hydrogen-bond acceptors (Lipinski definition) is 3. The molecule has 0 atom stereocenters. The number of carbonyl (C=O) groups excluding carboxylic acids is 1. The Hall–Kier alpha value is -1.75. The van der Waals surface area contributed by atoms with Gasteiger partial charge in [-0.1, -0.05) is 12.1 Å². The molecular weight excluding hydrogens is 263 g/mol. The van der Waals surface area contributed by atoms with Crippen molar-refractivity contribution < 1.29 is 9.18 Å². The minimum Gasteiger partial charge on any atom is -0.291 e. The molecule has 0 aliphatic carbocycles. The summed E-state index contributed by atoms with van der Waals surface area (Å²) < 4.78 is 12.8. The van der Waals surface area contributed by atoms with Crippen LogP contribution in [-0.4, -0.2) is 17.9 Å². The lowest BCUT2D eigenvalue weighted by Gasteiger charge is -2.13. The number of aryl methyl sites for hydroxylation is 2. The number of thiazole rings is 1. The smallest absolute Gasteiger partial charge is 0.228 e. The van der Waals surface area contributed by atoms with E-state index in [0.29, 0.717) is 18.0 Å². The van der Waals surface area contributed by atoms with Crippen LogP contribution in [0.15, 0.2) is 29.6 Å². The first kappa shape index (κ1) is 13.7. The standard InChI is InChI=1S/C14H15FN2OS/c1-10-9-19-14(16-10)17(2)13(18)8-5-11-3-6-12(15)7-4-11/h3-4,6-7,9H,5,8H2,1-2H3. The molecule has 100 valence electrons. The van der Waals surface area contributed by atoms with E-state index in [4.69, 9.17) is 0 Å². The van der Waals surface area contributed by atoms with Crippen molar-refractivity contribution in [2.75, 3.05) is 11.9 Å². The van der Waals surface area contributed by atoms with Gasteiger partial charge in [-0.05, 0) is 31.0 Å². The molecule has 0 aliphatic heterocycles. The van der Waals surface area contributed by atoms with Crippen LogP contribution in [0.2, 0.25) is 0 Å². The van der Waals surface area contributed by atoms with Gasteiger partial charge in [-0.25, -0.2) is 9.37 Å². The van der Waals surface area contributed by atoms with E-state index >= 15 is 0 Å². The number of amides is 1. The maximum Gasteiger partial charge on any atom is 0.228 e. The Bertz CT molecular complexity index is 565. The summed E-state index contributed by atoms with van der Waals surface area (Å²) in [4.78, 5) is 17.9. The van der Waals surface area contributed by atoms with Crippen molar-refractivity contribution in [1.29, 1.82) is 0 Å². The van der Waals surface area contributed by atoms with Crippen LogP contribution in [0.4, 0.5) is 9.52 Å². The third-order valence-electron chi connectivity index (χ3n) is 2.81. The summed E-state index contributed by atoms with van der Waals surface area (Å²) in [7, 11) is 1.73. The van der Waals surface area contributed by atoms with Crippen molar-refractivity contribution in [3.8, 4) is 0 Å². The molecule has 5 heteroatoms. The number of anilines is 1. The highest BCUT2D eigenvalue weighted by Gasteiger charge is 2.13. The van der Waals surface area contributed by atoms with Gasteiger partial charge in [0, 0.05) is 18.8 Å². The Labute approximate surface area is 115 Å². The molecule has 3 nitrogen and oxygen atoms in total. The van der Waals surface area contributed by atoms with Gasteiger partial charge in [-0.15, -0.1) is 11.3 Å². The minimum absolute atomic E-state index is 0.0127. The fourth-order valence-corrected chi connectivity index (χ4v) is 2.46. The van der Waals surface area contributed by atoms with Gasteiger partial charge in [0.15, 0.2) is 5.13 Å². The first-order chi connectivity index (χ1) is 9.06. The SMILES string of the molecule is Cc1csc(N(C)C(=O)CCc2ccc(F)cc2)n1. The number of hydrogen-bond donors (Lipinski definition) is 0. The molecule has 0 bridgehead atoms. The van der Waals surface area contributed by atoms with E-state index in [0.717, 1.165) is 11.3 Å². The molecule has 0 fully saturated rings. The predicted molar refractivity (Wildman–Crippen MR) is 75.0 cm³/mol. The normalized spacial score (nSPS) is 10.5. The number of halogens is 1. The second-order valence-electron chi connectivity index (χ2n) is 4.35. The summed E-state index contributed by atoms with van der Waals surface area (Å²) >= 11 is 1.45. The maximum atomic E-state index is 12.8. The number of aromatic nitrogens is 1. The van der Waals surface area contributed by atoms with E-state index in [1.165, 1.54) is 23.5 Å². The third kappa shape index (κ3) is 3.61. The Morgan fingerprint density at radius 2 is 2.05 bits per heavy atom. The summed E-state index contributed by atoms with van der Waals surface area (Å²) in [5, 5.41) is 2.63. The van der Waals surface area contributed by atoms with Crippen molar-refractivity contribution in [1.82, 2.24) is 4.98 Å². The van der Waals surface area contributed by atoms with Crippen LogP contribution in [0.5, 0.6) is 0 Å². The van der Waals surface area contributed by atoms with Crippen molar-refractivity contribution in [3.05, 3.63) is 46.7 Å². The van der Waals surface area contributed by atoms with Gasteiger partial charge >= 0.3 is 0 Å². The van der Waals surface area contributed by atoms with Gasteiger partial charge < -0.3 is 0 Å². The van der Waals surface area contributed by atoms with Crippen LogP contribution in [0.25, 0.3) is 0 Å². The maximum absolute atomic E-state index is 12.8. The molecule has 2 aromatic rings. The Morgan fingerprint density at radius 3 is 2.63 bits per heavy atom. The van der Waals surface area contributed by atoms with E-state index in [-0.39, 0.29) is 11.7 Å². The Morgan fingerprint density at radius 1 is 1.37 bits per heavy atom. The predicted octanol–water partition coefficient (Wildman–Crippen LogP) is 3.19. The van der Waals surface area contributed by atoms with Gasteiger partial charge in [0.2, 0.25) is 5.91 Å². The lowest BCUT2D eigenvalue weighted by atomic mass is 10.1. The van der Waals surface area contributed by atoms with E-state index in [1.54, 1.807) is 24.1 Å². The van der Waals surface area contributed by atoms with Crippen LogP contribution in [0.3, 0.4) is 0 Å². The second kappa shape index (κ2) is 5.93. The average molecular weight is 278 g/mol. The molecule has 1 heterocycles. The van der Waals surface area contributed by atoms with Gasteiger partial charge in [-0.3, -0.25) is 9.69 Å². The topological polar surface area (TPSA) is 33.2 Å². The zero-order chi connectivity index (χ0) is 13.8. The zero-order valence-electron chi connectivity index (χ0n) is 10.9. The lowest BCUT2D eigenvalue weighted by Crippen LogP contribution is -2.26. The van der Waals surface area contributed by atoms with Crippen molar-refractivity contribution in [3.63, 3.8) is 0 Å². The van der Waals surface area contributed by atoms with Crippen molar-refractivity contribution in [2.45, 2.75) is 19.8 Å². The average Bonchev–Trinajstić information content (AvgIpc) is 2.83. The lowest BCUT2D eigenvalue weighted by molar-refractivity contribution is -0.118. The highest BCUT2D eigenvalue weighted by molar-refractivity contribution is 7.14. The molecule has 1 aromatic carbocycles. The van der Waals surface area contributed by atoms with Gasteiger partial charge in [0.05, 0.1) is 5.69 Å². The monoisotopic (exact) mass is 278 g/mol. The van der Waals surface area contributed by atoms with Gasteiger partial charge in [0.1, 0.15) is 5.82 Å². The molecule has 1 aromatic heterocycles. The summed E-state index contributed by atoms with van der Waals surface area (Å²) in [6, 6.07) is 6.23. The molecule has 19 heavy (non-hydrogen) atoms. The molecule has 0 radical (unpaired) electrons. The summed E-state index contributed by atoms with van der Waals surface area (Å²) in [5.74, 6) is -0.246. The number of benzene rings is 1. The van der Waals surface area contributed by atoms with Crippen molar-refractivity contribution in [2.24, 2.45) is 0 Å². The fraction of sp³-hybridized carbons (Fsp3) is 0.286. The van der Waals surface area contributed by atoms with Crippen LogP contribution < -0.4 is 4.90 Å². The van der Waals surface area contributed by atoms with Gasteiger partial charge in [-0.2, -0.15) is 0 Å². The molecule has 0 saturated carbocycles. The van der Waals surface area contributed by atoms with Gasteiger partial charge in [0.25, 0.3) is 0 Å². The Kier molecular flexibility index (Phi) is 4.27. The number of carbonyl (C=O) groups is 1. The van der Waals surface area contributed by atoms with Crippen molar-refractivity contribution >= 4 is 22.4 Å². The van der Waals surface area contributed by atoms with Crippen LogP contribution in [0, 0.1) is 12.7 Å². The fourth-order valence-electron chi connectivity index (χ4n) is 1.67. The van der Waals surface area contributed by atoms with Crippen LogP contribution >= 0.6 is 11.3 Å². The summed E-state index contributed by atoms with van der Waals surface area (Å²) in [6.45, 7) is 1.90. The molecule has 2 rings (SSSR count).